The summed E-state index contributed by atoms with van der Waals surface area (Å²) in [5, 5.41) is 3.28. The Balaban J connectivity index is 1.41. The normalized spacial score (nSPS) is 13.6. The topological polar surface area (TPSA) is 58.6 Å². The van der Waals surface area contributed by atoms with Crippen molar-refractivity contribution in [2.24, 2.45) is 0 Å². The summed E-state index contributed by atoms with van der Waals surface area (Å²) < 4.78 is 5.03. The summed E-state index contributed by atoms with van der Waals surface area (Å²) in [5.41, 5.74) is 3.06. The highest BCUT2D eigenvalue weighted by Gasteiger charge is 2.21. The standard InChI is InChI=1S/C31H36N2O3S/c1-2-36-30(34)23-25-13-17-28(18-14-25)37-29-19-15-27(16-20-29)33(22-21-24-9-5-3-6-10-24)31(35)32-26-11-7-4-8-12-26/h3,5-6,9-10,13-20,26H,2,4,7-8,11-12,21-23H2,1H3,(H,32,35). The van der Waals surface area contributed by atoms with Gasteiger partial charge in [-0.15, -0.1) is 0 Å². The molecule has 1 N–H and O–H groups in total. The summed E-state index contributed by atoms with van der Waals surface area (Å²) in [5.74, 6) is -0.206. The average molecular weight is 517 g/mol. The minimum atomic E-state index is -0.206. The van der Waals surface area contributed by atoms with Crippen molar-refractivity contribution in [2.45, 2.75) is 67.7 Å². The molecule has 0 bridgehead atoms. The molecule has 0 aromatic heterocycles. The molecule has 0 unspecified atom stereocenters. The molecule has 1 aliphatic rings. The van der Waals surface area contributed by atoms with Gasteiger partial charge in [0.15, 0.2) is 0 Å². The third-order valence-corrected chi connectivity index (χ3v) is 7.62. The van der Waals surface area contributed by atoms with Crippen LogP contribution in [0.25, 0.3) is 0 Å². The van der Waals surface area contributed by atoms with Crippen molar-refractivity contribution < 1.29 is 14.3 Å². The van der Waals surface area contributed by atoms with Crippen molar-refractivity contribution in [3.8, 4) is 0 Å². The predicted octanol–water partition coefficient (Wildman–Crippen LogP) is 7.03. The molecule has 0 saturated heterocycles. The van der Waals surface area contributed by atoms with Gasteiger partial charge in [-0.3, -0.25) is 9.69 Å². The lowest BCUT2D eigenvalue weighted by atomic mass is 9.96. The summed E-state index contributed by atoms with van der Waals surface area (Å²) in [6, 6.07) is 26.7. The van der Waals surface area contributed by atoms with Crippen LogP contribution in [-0.4, -0.2) is 31.2 Å². The summed E-state index contributed by atoms with van der Waals surface area (Å²) in [6.07, 6.45) is 6.84. The molecule has 4 rings (SSSR count). The molecule has 3 aromatic carbocycles. The first-order chi connectivity index (χ1) is 18.1. The maximum atomic E-state index is 13.3. The summed E-state index contributed by atoms with van der Waals surface area (Å²) in [6.45, 7) is 2.83. The lowest BCUT2D eigenvalue weighted by molar-refractivity contribution is -0.142. The number of esters is 1. The van der Waals surface area contributed by atoms with Crippen LogP contribution in [0.1, 0.15) is 50.2 Å². The first-order valence-corrected chi connectivity index (χ1v) is 14.1. The van der Waals surface area contributed by atoms with E-state index in [0.29, 0.717) is 13.2 Å². The van der Waals surface area contributed by atoms with Crippen LogP contribution in [0.4, 0.5) is 10.5 Å². The molecule has 0 spiro atoms. The molecule has 0 atom stereocenters. The van der Waals surface area contributed by atoms with E-state index in [2.05, 4.69) is 29.6 Å². The molecule has 194 valence electrons. The van der Waals surface area contributed by atoms with Crippen LogP contribution in [0.2, 0.25) is 0 Å². The van der Waals surface area contributed by atoms with Gasteiger partial charge in [-0.05, 0) is 73.7 Å². The molecule has 1 fully saturated rings. The summed E-state index contributed by atoms with van der Waals surface area (Å²) in [4.78, 5) is 29.1. The van der Waals surface area contributed by atoms with Crippen LogP contribution in [0.15, 0.2) is 88.7 Å². The number of carbonyl (C=O) groups excluding carboxylic acids is 2. The van der Waals surface area contributed by atoms with Crippen molar-refractivity contribution in [1.29, 1.82) is 0 Å². The second-order valence-electron chi connectivity index (χ2n) is 9.39. The van der Waals surface area contributed by atoms with Crippen LogP contribution < -0.4 is 10.2 Å². The van der Waals surface area contributed by atoms with E-state index in [-0.39, 0.29) is 24.5 Å². The van der Waals surface area contributed by atoms with E-state index in [0.717, 1.165) is 40.3 Å². The molecule has 37 heavy (non-hydrogen) atoms. The lowest BCUT2D eigenvalue weighted by Gasteiger charge is -2.28. The Bertz CT molecular complexity index is 1130. The fraction of sp³-hybridized carbons (Fsp3) is 0.355. The Hall–Kier alpha value is -3.25. The monoisotopic (exact) mass is 516 g/mol. The van der Waals surface area contributed by atoms with E-state index >= 15 is 0 Å². The highest BCUT2D eigenvalue weighted by Crippen LogP contribution is 2.30. The molecule has 5 nitrogen and oxygen atoms in total. The van der Waals surface area contributed by atoms with E-state index in [1.165, 1.54) is 24.8 Å². The third kappa shape index (κ3) is 8.39. The zero-order valence-electron chi connectivity index (χ0n) is 21.5. The second kappa shape index (κ2) is 13.9. The number of hydrogen-bond acceptors (Lipinski definition) is 4. The van der Waals surface area contributed by atoms with E-state index in [4.69, 9.17) is 4.74 Å². The van der Waals surface area contributed by atoms with E-state index in [9.17, 15) is 9.59 Å². The Morgan fingerprint density at radius 3 is 2.16 bits per heavy atom. The van der Waals surface area contributed by atoms with Gasteiger partial charge in [-0.1, -0.05) is 73.5 Å². The molecule has 0 aliphatic heterocycles. The third-order valence-electron chi connectivity index (χ3n) is 6.61. The first kappa shape index (κ1) is 26.8. The Morgan fingerprint density at radius 1 is 0.865 bits per heavy atom. The highest BCUT2D eigenvalue weighted by atomic mass is 32.2. The number of ether oxygens (including phenoxy) is 1. The van der Waals surface area contributed by atoms with Crippen LogP contribution in [0.3, 0.4) is 0 Å². The highest BCUT2D eigenvalue weighted by molar-refractivity contribution is 7.99. The molecule has 3 aromatic rings. The van der Waals surface area contributed by atoms with Crippen LogP contribution in [0, 0.1) is 0 Å². The first-order valence-electron chi connectivity index (χ1n) is 13.2. The molecular weight excluding hydrogens is 480 g/mol. The quantitative estimate of drug-likeness (QED) is 0.294. The second-order valence-corrected chi connectivity index (χ2v) is 10.5. The summed E-state index contributed by atoms with van der Waals surface area (Å²) >= 11 is 1.66. The number of nitrogens with one attached hydrogen (secondary N) is 1. The van der Waals surface area contributed by atoms with Gasteiger partial charge in [-0.25, -0.2) is 4.79 Å². The maximum Gasteiger partial charge on any atom is 0.322 e. The van der Waals surface area contributed by atoms with Crippen molar-refractivity contribution in [1.82, 2.24) is 5.32 Å². The number of nitrogens with zero attached hydrogens (tertiary/aromatic N) is 1. The molecule has 1 saturated carbocycles. The van der Waals surface area contributed by atoms with E-state index in [1.54, 1.807) is 11.8 Å². The van der Waals surface area contributed by atoms with Crippen molar-refractivity contribution in [3.63, 3.8) is 0 Å². The molecule has 0 radical (unpaired) electrons. The van der Waals surface area contributed by atoms with Crippen LogP contribution in [-0.2, 0) is 22.4 Å². The largest absolute Gasteiger partial charge is 0.466 e. The van der Waals surface area contributed by atoms with Gasteiger partial charge in [0.1, 0.15) is 0 Å². The zero-order valence-corrected chi connectivity index (χ0v) is 22.3. The van der Waals surface area contributed by atoms with Gasteiger partial charge in [0.05, 0.1) is 13.0 Å². The zero-order chi connectivity index (χ0) is 25.9. The van der Waals surface area contributed by atoms with Crippen molar-refractivity contribution >= 4 is 29.4 Å². The maximum absolute atomic E-state index is 13.3. The fourth-order valence-electron chi connectivity index (χ4n) is 4.62. The Labute approximate surface area is 224 Å². The molecular formula is C31H36N2O3S. The van der Waals surface area contributed by atoms with Gasteiger partial charge in [-0.2, -0.15) is 0 Å². The van der Waals surface area contributed by atoms with Crippen molar-refractivity contribution in [2.75, 3.05) is 18.1 Å². The number of carbonyl (C=O) groups is 2. The fourth-order valence-corrected chi connectivity index (χ4v) is 5.43. The van der Waals surface area contributed by atoms with E-state index in [1.807, 2.05) is 66.4 Å². The minimum absolute atomic E-state index is 0.0135. The van der Waals surface area contributed by atoms with E-state index < -0.39 is 0 Å². The molecule has 2 amide bonds. The predicted molar refractivity (Wildman–Crippen MR) is 150 cm³/mol. The average Bonchev–Trinajstić information content (AvgIpc) is 2.92. The molecule has 0 heterocycles. The SMILES string of the molecule is CCOC(=O)Cc1ccc(Sc2ccc(N(CCc3ccccc3)C(=O)NC3CCCCC3)cc2)cc1. The number of benzene rings is 3. The minimum Gasteiger partial charge on any atom is -0.466 e. The van der Waals surface area contributed by atoms with Crippen LogP contribution >= 0.6 is 11.8 Å². The molecule has 6 heteroatoms. The number of anilines is 1. The van der Waals surface area contributed by atoms with Gasteiger partial charge >= 0.3 is 12.0 Å². The van der Waals surface area contributed by atoms with Crippen LogP contribution in [0.5, 0.6) is 0 Å². The Morgan fingerprint density at radius 2 is 1.51 bits per heavy atom. The number of hydrogen-bond donors (Lipinski definition) is 1. The smallest absolute Gasteiger partial charge is 0.322 e. The number of urea groups is 1. The lowest BCUT2D eigenvalue weighted by Crippen LogP contribution is -2.46. The summed E-state index contributed by atoms with van der Waals surface area (Å²) in [7, 11) is 0. The van der Waals surface area contributed by atoms with Gasteiger partial charge < -0.3 is 10.1 Å². The number of rotatable bonds is 10. The van der Waals surface area contributed by atoms with Crippen molar-refractivity contribution in [3.05, 3.63) is 90.0 Å². The molecule has 1 aliphatic carbocycles. The Kier molecular flexibility index (Phi) is 10.1. The van der Waals surface area contributed by atoms with Gasteiger partial charge in [0.25, 0.3) is 0 Å². The van der Waals surface area contributed by atoms with Gasteiger partial charge in [0.2, 0.25) is 0 Å². The van der Waals surface area contributed by atoms with Gasteiger partial charge in [0, 0.05) is 28.1 Å². The number of amides is 2.